The molecule has 11 heteroatoms. The molecule has 1 fully saturated rings. The first-order valence-corrected chi connectivity index (χ1v) is 11.3. The summed E-state index contributed by atoms with van der Waals surface area (Å²) in [6.45, 7) is 1.69. The van der Waals surface area contributed by atoms with Crippen molar-refractivity contribution >= 4 is 38.2 Å². The Morgan fingerprint density at radius 3 is 2.43 bits per heavy atom. The lowest BCUT2D eigenvalue weighted by atomic mass is 10.2. The highest BCUT2D eigenvalue weighted by Gasteiger charge is 2.18. The second kappa shape index (κ2) is 8.36. The molecule has 158 valence electrons. The molecular formula is C19H22N6O4S. The number of nitrogens with zero attached hydrogens (tertiary/aromatic N) is 4. The smallest absolute Gasteiger partial charge is 0.277 e. The summed E-state index contributed by atoms with van der Waals surface area (Å²) in [7, 11) is -3.72. The molecule has 3 heterocycles. The molecule has 0 bridgehead atoms. The Morgan fingerprint density at radius 1 is 1.07 bits per heavy atom. The van der Waals surface area contributed by atoms with Gasteiger partial charge in [-0.1, -0.05) is 12.8 Å². The average molecular weight is 430 g/mol. The standard InChI is InChI=1S/C19H22N6O4S/c26-12-30(28,29)14-7-5-13(6-8-14)21-17-16-15(11-20-24-18(16)27)22-19(23-17)25-9-3-1-2-4-10-25/h5-8,11,26H,1-4,9-10,12H2,(H,24,27)(H,21,22,23). The fraction of sp³-hybridized carbons (Fsp3) is 0.368. The molecule has 0 amide bonds. The number of anilines is 3. The number of sulfone groups is 1. The van der Waals surface area contributed by atoms with Crippen molar-refractivity contribution in [1.29, 1.82) is 0 Å². The van der Waals surface area contributed by atoms with Gasteiger partial charge < -0.3 is 15.3 Å². The molecule has 2 aromatic heterocycles. The summed E-state index contributed by atoms with van der Waals surface area (Å²) in [5.41, 5.74) is 0.553. The first-order chi connectivity index (χ1) is 14.5. The summed E-state index contributed by atoms with van der Waals surface area (Å²) >= 11 is 0. The van der Waals surface area contributed by atoms with Crippen molar-refractivity contribution in [3.63, 3.8) is 0 Å². The summed E-state index contributed by atoms with van der Waals surface area (Å²) in [4.78, 5) is 23.7. The van der Waals surface area contributed by atoms with E-state index in [2.05, 4.69) is 30.4 Å². The molecule has 0 saturated carbocycles. The zero-order chi connectivity index (χ0) is 21.1. The topological polar surface area (TPSA) is 141 Å². The van der Waals surface area contributed by atoms with Gasteiger partial charge in [-0.2, -0.15) is 10.1 Å². The number of aliphatic hydroxyl groups is 1. The largest absolute Gasteiger partial charge is 0.380 e. The van der Waals surface area contributed by atoms with E-state index in [4.69, 9.17) is 5.11 Å². The van der Waals surface area contributed by atoms with Crippen molar-refractivity contribution in [2.75, 3.05) is 29.2 Å². The van der Waals surface area contributed by atoms with E-state index in [0.717, 1.165) is 25.9 Å². The van der Waals surface area contributed by atoms with E-state index in [-0.39, 0.29) is 10.3 Å². The van der Waals surface area contributed by atoms with E-state index in [1.807, 2.05) is 0 Å². The fourth-order valence-electron chi connectivity index (χ4n) is 3.45. The van der Waals surface area contributed by atoms with Crippen LogP contribution in [0.15, 0.2) is 40.2 Å². The van der Waals surface area contributed by atoms with Gasteiger partial charge in [0.25, 0.3) is 5.56 Å². The van der Waals surface area contributed by atoms with Gasteiger partial charge in [0, 0.05) is 18.8 Å². The molecule has 1 saturated heterocycles. The molecular weight excluding hydrogens is 408 g/mol. The number of fused-ring (bicyclic) bond motifs is 1. The van der Waals surface area contributed by atoms with Gasteiger partial charge in [0.2, 0.25) is 15.8 Å². The van der Waals surface area contributed by atoms with Crippen molar-refractivity contribution in [2.45, 2.75) is 30.6 Å². The van der Waals surface area contributed by atoms with E-state index < -0.39 is 21.3 Å². The summed E-state index contributed by atoms with van der Waals surface area (Å²) < 4.78 is 23.6. The monoisotopic (exact) mass is 430 g/mol. The molecule has 3 aromatic rings. The van der Waals surface area contributed by atoms with Crippen LogP contribution in [0.2, 0.25) is 0 Å². The second-order valence-corrected chi connectivity index (χ2v) is 9.09. The third-order valence-electron chi connectivity index (χ3n) is 5.04. The van der Waals surface area contributed by atoms with Crippen molar-refractivity contribution in [2.24, 2.45) is 0 Å². The number of hydrogen-bond donors (Lipinski definition) is 3. The number of hydrogen-bond acceptors (Lipinski definition) is 9. The lowest BCUT2D eigenvalue weighted by molar-refractivity contribution is 0.358. The zero-order valence-corrected chi connectivity index (χ0v) is 17.0. The van der Waals surface area contributed by atoms with Gasteiger partial charge in [-0.25, -0.2) is 18.5 Å². The van der Waals surface area contributed by atoms with E-state index >= 15 is 0 Å². The minimum Gasteiger partial charge on any atom is -0.380 e. The van der Waals surface area contributed by atoms with Crippen LogP contribution >= 0.6 is 0 Å². The SMILES string of the molecule is O=c1[nH]ncc2nc(N3CCCCCC3)nc(Nc3ccc(S(=O)(=O)CO)cc3)c12. The molecule has 0 unspecified atom stereocenters. The molecule has 0 radical (unpaired) electrons. The molecule has 10 nitrogen and oxygen atoms in total. The van der Waals surface area contributed by atoms with Gasteiger partial charge in [0.05, 0.1) is 11.1 Å². The Kier molecular flexibility index (Phi) is 5.64. The first-order valence-electron chi connectivity index (χ1n) is 9.69. The highest BCUT2D eigenvalue weighted by molar-refractivity contribution is 7.91. The zero-order valence-electron chi connectivity index (χ0n) is 16.2. The molecule has 30 heavy (non-hydrogen) atoms. The van der Waals surface area contributed by atoms with Crippen LogP contribution in [0.1, 0.15) is 25.7 Å². The van der Waals surface area contributed by atoms with Crippen molar-refractivity contribution < 1.29 is 13.5 Å². The maximum Gasteiger partial charge on any atom is 0.277 e. The van der Waals surface area contributed by atoms with Gasteiger partial charge in [-0.05, 0) is 37.1 Å². The molecule has 4 rings (SSSR count). The van der Waals surface area contributed by atoms with E-state index in [1.165, 1.54) is 31.2 Å². The second-order valence-electron chi connectivity index (χ2n) is 7.13. The lowest BCUT2D eigenvalue weighted by Gasteiger charge is -2.21. The predicted molar refractivity (Wildman–Crippen MR) is 113 cm³/mol. The number of nitrogens with one attached hydrogen (secondary N) is 2. The Hall–Kier alpha value is -3.05. The minimum absolute atomic E-state index is 0.00963. The summed E-state index contributed by atoms with van der Waals surface area (Å²) in [6.07, 6.45) is 5.93. The van der Waals surface area contributed by atoms with Crippen LogP contribution in [0.5, 0.6) is 0 Å². The number of rotatable bonds is 5. The van der Waals surface area contributed by atoms with Crippen LogP contribution in [0.4, 0.5) is 17.5 Å². The number of aliphatic hydroxyl groups excluding tert-OH is 1. The Bertz CT molecular complexity index is 1200. The summed E-state index contributed by atoms with van der Waals surface area (Å²) in [5.74, 6) is -0.114. The van der Waals surface area contributed by atoms with Gasteiger partial charge in [-0.15, -0.1) is 0 Å². The fourth-order valence-corrected chi connectivity index (χ4v) is 4.15. The van der Waals surface area contributed by atoms with Crippen molar-refractivity contribution in [3.8, 4) is 0 Å². The molecule has 0 aliphatic carbocycles. The first kappa shape index (κ1) is 20.2. The average Bonchev–Trinajstić information content (AvgIpc) is 3.04. The Balaban J connectivity index is 1.74. The third-order valence-corrected chi connectivity index (χ3v) is 6.37. The highest BCUT2D eigenvalue weighted by atomic mass is 32.2. The van der Waals surface area contributed by atoms with Crippen LogP contribution in [0.25, 0.3) is 10.9 Å². The maximum atomic E-state index is 12.4. The normalized spacial score (nSPS) is 15.2. The van der Waals surface area contributed by atoms with E-state index in [1.54, 1.807) is 12.1 Å². The van der Waals surface area contributed by atoms with Gasteiger partial charge in [0.1, 0.15) is 22.7 Å². The van der Waals surface area contributed by atoms with Crippen molar-refractivity contribution in [3.05, 3.63) is 40.8 Å². The van der Waals surface area contributed by atoms with E-state index in [0.29, 0.717) is 23.0 Å². The van der Waals surface area contributed by atoms with E-state index in [9.17, 15) is 13.2 Å². The maximum absolute atomic E-state index is 12.4. The number of H-pyrrole nitrogens is 1. The quantitative estimate of drug-likeness (QED) is 0.550. The van der Waals surface area contributed by atoms with Crippen LogP contribution < -0.4 is 15.8 Å². The molecule has 1 aliphatic heterocycles. The van der Waals surface area contributed by atoms with Crippen molar-refractivity contribution in [1.82, 2.24) is 20.2 Å². The molecule has 1 aliphatic rings. The van der Waals surface area contributed by atoms with Crippen LogP contribution in [0.3, 0.4) is 0 Å². The number of aromatic nitrogens is 4. The van der Waals surface area contributed by atoms with Gasteiger partial charge in [-0.3, -0.25) is 4.79 Å². The minimum atomic E-state index is -3.72. The third kappa shape index (κ3) is 4.12. The van der Waals surface area contributed by atoms with Gasteiger partial charge >= 0.3 is 0 Å². The Morgan fingerprint density at radius 2 is 1.77 bits per heavy atom. The van der Waals surface area contributed by atoms with Crippen LogP contribution in [-0.4, -0.2) is 52.7 Å². The number of benzene rings is 1. The lowest BCUT2D eigenvalue weighted by Crippen LogP contribution is -2.26. The molecule has 1 aromatic carbocycles. The van der Waals surface area contributed by atoms with Gasteiger partial charge in [0.15, 0.2) is 0 Å². The summed E-state index contributed by atoms with van der Waals surface area (Å²) in [6, 6.07) is 5.88. The number of aromatic amines is 1. The predicted octanol–water partition coefficient (Wildman–Crippen LogP) is 1.56. The molecule has 0 spiro atoms. The summed E-state index contributed by atoms with van der Waals surface area (Å²) in [5, 5.41) is 18.6. The molecule has 0 atom stereocenters. The Labute approximate surface area is 172 Å². The van der Waals surface area contributed by atoms with Crippen LogP contribution in [0, 0.1) is 0 Å². The van der Waals surface area contributed by atoms with Crippen LogP contribution in [-0.2, 0) is 9.84 Å². The molecule has 3 N–H and O–H groups in total. The highest BCUT2D eigenvalue weighted by Crippen LogP contribution is 2.25.